The van der Waals surface area contributed by atoms with Crippen LogP contribution in [0.15, 0.2) is 29.2 Å². The van der Waals surface area contributed by atoms with Gasteiger partial charge >= 0.3 is 0 Å². The summed E-state index contributed by atoms with van der Waals surface area (Å²) in [5.41, 5.74) is 0.531. The summed E-state index contributed by atoms with van der Waals surface area (Å²) >= 11 is 0. The van der Waals surface area contributed by atoms with Crippen LogP contribution in [-0.4, -0.2) is 57.1 Å². The van der Waals surface area contributed by atoms with E-state index in [9.17, 15) is 13.2 Å². The number of rotatable bonds is 6. The van der Waals surface area contributed by atoms with Crippen LogP contribution < -0.4 is 5.32 Å². The van der Waals surface area contributed by atoms with Gasteiger partial charge in [0.25, 0.3) is 5.91 Å². The summed E-state index contributed by atoms with van der Waals surface area (Å²) in [6.45, 7) is 6.23. The van der Waals surface area contributed by atoms with Gasteiger partial charge in [-0.05, 0) is 44.5 Å². The molecule has 3 unspecified atom stereocenters. The summed E-state index contributed by atoms with van der Waals surface area (Å²) in [7, 11) is -2.10. The zero-order valence-electron chi connectivity index (χ0n) is 15.1. The fourth-order valence-corrected chi connectivity index (χ4v) is 4.46. The van der Waals surface area contributed by atoms with Crippen molar-refractivity contribution < 1.29 is 22.7 Å². The van der Waals surface area contributed by atoms with Gasteiger partial charge in [-0.1, -0.05) is 6.92 Å². The molecule has 0 radical (unpaired) electrons. The van der Waals surface area contributed by atoms with Crippen LogP contribution in [0.25, 0.3) is 0 Å². The second kappa shape index (κ2) is 8.27. The molecule has 3 atom stereocenters. The van der Waals surface area contributed by atoms with Crippen molar-refractivity contribution in [3.63, 3.8) is 0 Å². The number of carbonyl (C=O) groups excluding carboxylic acids is 1. The normalized spacial score (nSPS) is 23.2. The first-order chi connectivity index (χ1) is 11.8. The summed E-state index contributed by atoms with van der Waals surface area (Å²) in [5.74, 6) is -0.253. The Kier molecular flexibility index (Phi) is 6.56. The molecule has 1 aromatic carbocycles. The maximum absolute atomic E-state index is 12.8. The van der Waals surface area contributed by atoms with Crippen LogP contribution in [0.4, 0.5) is 5.69 Å². The minimum atomic E-state index is -3.58. The number of nitrogens with zero attached hydrogens (tertiary/aromatic N) is 1. The molecule has 0 aromatic heterocycles. The fourth-order valence-electron chi connectivity index (χ4n) is 2.87. The van der Waals surface area contributed by atoms with Gasteiger partial charge in [0.05, 0.1) is 17.1 Å². The fraction of sp³-hybridized carbons (Fsp3) is 0.588. The van der Waals surface area contributed by atoms with Crippen LogP contribution in [0.1, 0.15) is 27.2 Å². The van der Waals surface area contributed by atoms with Gasteiger partial charge < -0.3 is 14.8 Å². The molecule has 8 heteroatoms. The number of hydrogen-bond donors (Lipinski definition) is 1. The quantitative estimate of drug-likeness (QED) is 0.826. The van der Waals surface area contributed by atoms with Gasteiger partial charge in [-0.2, -0.15) is 4.31 Å². The second-order valence-electron chi connectivity index (χ2n) is 6.23. The molecular weight excluding hydrogens is 344 g/mol. The molecule has 0 spiro atoms. The molecular formula is C17H26N2O5S. The zero-order valence-corrected chi connectivity index (χ0v) is 15.9. The van der Waals surface area contributed by atoms with E-state index < -0.39 is 16.1 Å². The molecule has 7 nitrogen and oxygen atoms in total. The number of nitrogens with one attached hydrogen (secondary N) is 1. The van der Waals surface area contributed by atoms with E-state index in [1.165, 1.54) is 23.5 Å². The first-order valence-electron chi connectivity index (χ1n) is 8.37. The van der Waals surface area contributed by atoms with Gasteiger partial charge in [0.2, 0.25) is 10.0 Å². The highest BCUT2D eigenvalue weighted by Crippen LogP contribution is 2.22. The Morgan fingerprint density at radius 2 is 1.84 bits per heavy atom. The maximum Gasteiger partial charge on any atom is 0.253 e. The third kappa shape index (κ3) is 4.78. The Bertz CT molecular complexity index is 675. The Morgan fingerprint density at radius 1 is 1.28 bits per heavy atom. The summed E-state index contributed by atoms with van der Waals surface area (Å²) in [6.07, 6.45) is -0.253. The van der Waals surface area contributed by atoms with Gasteiger partial charge in [0, 0.05) is 25.9 Å². The summed E-state index contributed by atoms with van der Waals surface area (Å²) in [5, 5.41) is 2.72. The lowest BCUT2D eigenvalue weighted by Crippen LogP contribution is -2.48. The molecule has 1 saturated heterocycles. The highest BCUT2D eigenvalue weighted by Gasteiger charge is 2.32. The van der Waals surface area contributed by atoms with Crippen LogP contribution in [-0.2, 0) is 24.3 Å². The first kappa shape index (κ1) is 19.8. The molecule has 1 fully saturated rings. The molecule has 1 aliphatic rings. The molecule has 25 heavy (non-hydrogen) atoms. The predicted octanol–water partition coefficient (Wildman–Crippen LogP) is 1.85. The van der Waals surface area contributed by atoms with Crippen molar-refractivity contribution in [1.82, 2.24) is 4.31 Å². The van der Waals surface area contributed by atoms with Crippen LogP contribution in [0.5, 0.6) is 0 Å². The molecule has 0 aliphatic carbocycles. The Morgan fingerprint density at radius 3 is 2.32 bits per heavy atom. The standard InChI is InChI=1S/C17H26N2O5S/c1-5-16(23-4)17(20)18-14-6-8-15(9-7-14)25(21,22)19-10-12(2)24-13(3)11-19/h6-9,12-13,16H,5,10-11H2,1-4H3,(H,18,20). The summed E-state index contributed by atoms with van der Waals surface area (Å²) in [4.78, 5) is 12.2. The van der Waals surface area contributed by atoms with E-state index in [1.807, 2.05) is 20.8 Å². The smallest absolute Gasteiger partial charge is 0.253 e. The summed E-state index contributed by atoms with van der Waals surface area (Å²) in [6, 6.07) is 6.17. The van der Waals surface area contributed by atoms with Gasteiger partial charge in [0.1, 0.15) is 6.10 Å². The number of methoxy groups -OCH3 is 1. The number of carbonyl (C=O) groups is 1. The van der Waals surface area contributed by atoms with Gasteiger partial charge in [0.15, 0.2) is 0 Å². The molecule has 1 aromatic rings. The SMILES string of the molecule is CCC(OC)C(=O)Nc1ccc(S(=O)(=O)N2CC(C)OC(C)C2)cc1. The molecule has 1 amide bonds. The second-order valence-corrected chi connectivity index (χ2v) is 8.16. The number of benzene rings is 1. The minimum Gasteiger partial charge on any atom is -0.373 e. The monoisotopic (exact) mass is 370 g/mol. The maximum atomic E-state index is 12.8. The molecule has 0 saturated carbocycles. The van der Waals surface area contributed by atoms with Crippen molar-refractivity contribution >= 4 is 21.6 Å². The number of hydrogen-bond acceptors (Lipinski definition) is 5. The lowest BCUT2D eigenvalue weighted by atomic mass is 10.2. The van der Waals surface area contributed by atoms with Crippen LogP contribution >= 0.6 is 0 Å². The van der Waals surface area contributed by atoms with E-state index >= 15 is 0 Å². The average molecular weight is 370 g/mol. The van der Waals surface area contributed by atoms with E-state index in [0.717, 1.165) is 0 Å². The van der Waals surface area contributed by atoms with Gasteiger partial charge in [-0.25, -0.2) is 8.42 Å². The minimum absolute atomic E-state index is 0.142. The number of sulfonamides is 1. The van der Waals surface area contributed by atoms with Crippen molar-refractivity contribution in [1.29, 1.82) is 0 Å². The van der Waals surface area contributed by atoms with Gasteiger partial charge in [-0.15, -0.1) is 0 Å². The van der Waals surface area contributed by atoms with Crippen molar-refractivity contribution in [2.24, 2.45) is 0 Å². The summed E-state index contributed by atoms with van der Waals surface area (Å²) < 4.78 is 37.7. The third-order valence-corrected chi connectivity index (χ3v) is 5.94. The Balaban J connectivity index is 2.12. The lowest BCUT2D eigenvalue weighted by molar-refractivity contribution is -0.125. The highest BCUT2D eigenvalue weighted by molar-refractivity contribution is 7.89. The molecule has 0 bridgehead atoms. The van der Waals surface area contributed by atoms with Crippen molar-refractivity contribution in [3.05, 3.63) is 24.3 Å². The first-order valence-corrected chi connectivity index (χ1v) is 9.81. The van der Waals surface area contributed by atoms with E-state index in [0.29, 0.717) is 25.2 Å². The van der Waals surface area contributed by atoms with E-state index in [1.54, 1.807) is 12.1 Å². The lowest BCUT2D eigenvalue weighted by Gasteiger charge is -2.34. The number of morpholine rings is 1. The Labute approximate surface area is 149 Å². The van der Waals surface area contributed by atoms with Crippen molar-refractivity contribution in [2.75, 3.05) is 25.5 Å². The van der Waals surface area contributed by atoms with Crippen LogP contribution in [0, 0.1) is 0 Å². The molecule has 1 N–H and O–H groups in total. The topological polar surface area (TPSA) is 84.9 Å². The van der Waals surface area contributed by atoms with Crippen molar-refractivity contribution in [2.45, 2.75) is 50.4 Å². The number of ether oxygens (including phenoxy) is 2. The number of amides is 1. The molecule has 140 valence electrons. The molecule has 1 heterocycles. The largest absolute Gasteiger partial charge is 0.373 e. The van der Waals surface area contributed by atoms with E-state index in [-0.39, 0.29) is 23.0 Å². The average Bonchev–Trinajstić information content (AvgIpc) is 2.55. The predicted molar refractivity (Wildman–Crippen MR) is 94.9 cm³/mol. The third-order valence-electron chi connectivity index (χ3n) is 4.09. The number of anilines is 1. The van der Waals surface area contributed by atoms with E-state index in [2.05, 4.69) is 5.32 Å². The van der Waals surface area contributed by atoms with Crippen LogP contribution in [0.2, 0.25) is 0 Å². The van der Waals surface area contributed by atoms with Crippen molar-refractivity contribution in [3.8, 4) is 0 Å². The molecule has 2 rings (SSSR count). The molecule has 1 aliphatic heterocycles. The zero-order chi connectivity index (χ0) is 18.6. The van der Waals surface area contributed by atoms with E-state index in [4.69, 9.17) is 9.47 Å². The van der Waals surface area contributed by atoms with Gasteiger partial charge in [-0.3, -0.25) is 4.79 Å². The Hall–Kier alpha value is -1.48. The van der Waals surface area contributed by atoms with Crippen LogP contribution in [0.3, 0.4) is 0 Å². The highest BCUT2D eigenvalue weighted by atomic mass is 32.2.